The van der Waals surface area contributed by atoms with Gasteiger partial charge in [0.1, 0.15) is 0 Å². The molecule has 0 heterocycles. The Morgan fingerprint density at radius 1 is 1.26 bits per heavy atom. The summed E-state index contributed by atoms with van der Waals surface area (Å²) < 4.78 is 14.9. The van der Waals surface area contributed by atoms with Gasteiger partial charge in [0.2, 0.25) is 0 Å². The summed E-state index contributed by atoms with van der Waals surface area (Å²) in [5.74, 6) is -1.31. The van der Waals surface area contributed by atoms with E-state index >= 15 is 0 Å². The van der Waals surface area contributed by atoms with Crippen molar-refractivity contribution in [3.8, 4) is 11.5 Å². The van der Waals surface area contributed by atoms with E-state index in [1.807, 2.05) is 0 Å². The number of ether oxygens (including phenoxy) is 3. The van der Waals surface area contributed by atoms with Crippen LogP contribution in [0, 0.1) is 6.92 Å². The Labute approximate surface area is 116 Å². The van der Waals surface area contributed by atoms with Gasteiger partial charge in [-0.3, -0.25) is 4.79 Å². The highest BCUT2D eigenvalue weighted by atomic mass is 35.5. The molecule has 19 heavy (non-hydrogen) atoms. The van der Waals surface area contributed by atoms with Gasteiger partial charge in [0.25, 0.3) is 5.78 Å². The minimum Gasteiger partial charge on any atom is -0.493 e. The fourth-order valence-corrected chi connectivity index (χ4v) is 1.82. The summed E-state index contributed by atoms with van der Waals surface area (Å²) in [6, 6.07) is 1.53. The van der Waals surface area contributed by atoms with Crippen molar-refractivity contribution in [2.75, 3.05) is 20.8 Å². The highest BCUT2D eigenvalue weighted by molar-refractivity contribution is 6.43. The predicted molar refractivity (Wildman–Crippen MR) is 70.3 cm³/mol. The number of hydrogen-bond acceptors (Lipinski definition) is 5. The minimum absolute atomic E-state index is 0.0605. The fraction of sp³-hybridized carbons (Fsp3) is 0.385. The van der Waals surface area contributed by atoms with E-state index in [1.54, 1.807) is 13.8 Å². The van der Waals surface area contributed by atoms with E-state index in [4.69, 9.17) is 25.8 Å². The highest BCUT2D eigenvalue weighted by Gasteiger charge is 2.27. The van der Waals surface area contributed by atoms with Crippen molar-refractivity contribution in [1.29, 1.82) is 0 Å². The molecule has 0 saturated heterocycles. The van der Waals surface area contributed by atoms with Crippen LogP contribution in [0.5, 0.6) is 11.5 Å². The van der Waals surface area contributed by atoms with Crippen LogP contribution in [-0.2, 0) is 9.53 Å². The van der Waals surface area contributed by atoms with Gasteiger partial charge in [-0.25, -0.2) is 4.79 Å². The van der Waals surface area contributed by atoms with E-state index in [0.29, 0.717) is 10.6 Å². The Balaban J connectivity index is 3.43. The average Bonchev–Trinajstić information content (AvgIpc) is 2.40. The molecule has 0 aliphatic heterocycles. The topological polar surface area (TPSA) is 61.8 Å². The Bertz CT molecular complexity index is 510. The van der Waals surface area contributed by atoms with Crippen molar-refractivity contribution in [3.63, 3.8) is 0 Å². The Morgan fingerprint density at radius 3 is 2.37 bits per heavy atom. The molecular formula is C13H15ClO5. The van der Waals surface area contributed by atoms with Crippen molar-refractivity contribution in [3.05, 3.63) is 22.2 Å². The van der Waals surface area contributed by atoms with Gasteiger partial charge in [-0.2, -0.15) is 0 Å². The van der Waals surface area contributed by atoms with Crippen LogP contribution in [0.2, 0.25) is 5.02 Å². The van der Waals surface area contributed by atoms with Crippen molar-refractivity contribution < 1.29 is 23.8 Å². The van der Waals surface area contributed by atoms with Crippen LogP contribution >= 0.6 is 11.6 Å². The van der Waals surface area contributed by atoms with Crippen LogP contribution in [0.15, 0.2) is 6.07 Å². The van der Waals surface area contributed by atoms with Gasteiger partial charge in [-0.15, -0.1) is 0 Å². The molecule has 0 aliphatic rings. The molecule has 0 unspecified atom stereocenters. The Morgan fingerprint density at radius 2 is 1.89 bits per heavy atom. The molecule has 0 aromatic heterocycles. The summed E-state index contributed by atoms with van der Waals surface area (Å²) in [5, 5.41) is 0.310. The third kappa shape index (κ3) is 2.98. The molecule has 1 aromatic carbocycles. The second-order valence-electron chi connectivity index (χ2n) is 3.64. The molecule has 0 spiro atoms. The summed E-state index contributed by atoms with van der Waals surface area (Å²) in [5.41, 5.74) is 0.502. The Hall–Kier alpha value is -1.75. The first-order valence-corrected chi connectivity index (χ1v) is 5.98. The average molecular weight is 287 g/mol. The normalized spacial score (nSPS) is 9.95. The van der Waals surface area contributed by atoms with E-state index in [1.165, 1.54) is 20.3 Å². The lowest BCUT2D eigenvalue weighted by molar-refractivity contribution is -0.137. The van der Waals surface area contributed by atoms with Crippen LogP contribution in [0.3, 0.4) is 0 Å². The summed E-state index contributed by atoms with van der Waals surface area (Å²) in [6.45, 7) is 3.36. The predicted octanol–water partition coefficient (Wildman–Crippen LogP) is 2.41. The van der Waals surface area contributed by atoms with Gasteiger partial charge in [0, 0.05) is 11.1 Å². The van der Waals surface area contributed by atoms with Crippen LogP contribution in [0.25, 0.3) is 0 Å². The molecule has 104 valence electrons. The number of carbonyl (C=O) groups is 2. The summed E-state index contributed by atoms with van der Waals surface area (Å²) >= 11 is 6.01. The van der Waals surface area contributed by atoms with E-state index < -0.39 is 11.8 Å². The number of hydrogen-bond donors (Lipinski definition) is 0. The molecule has 0 saturated carbocycles. The minimum atomic E-state index is -0.951. The maximum Gasteiger partial charge on any atom is 0.379 e. The smallest absolute Gasteiger partial charge is 0.379 e. The Kier molecular flexibility index (Phi) is 5.18. The molecule has 6 heteroatoms. The second kappa shape index (κ2) is 6.43. The molecule has 0 amide bonds. The van der Waals surface area contributed by atoms with E-state index in [-0.39, 0.29) is 23.7 Å². The molecule has 0 aliphatic carbocycles. The number of ketones is 1. The van der Waals surface area contributed by atoms with Crippen LogP contribution in [0.4, 0.5) is 0 Å². The third-order valence-corrected chi connectivity index (χ3v) is 2.95. The molecule has 0 atom stereocenters. The van der Waals surface area contributed by atoms with Crippen molar-refractivity contribution in [1.82, 2.24) is 0 Å². The monoisotopic (exact) mass is 286 g/mol. The first-order valence-electron chi connectivity index (χ1n) is 5.60. The van der Waals surface area contributed by atoms with Gasteiger partial charge >= 0.3 is 5.97 Å². The highest BCUT2D eigenvalue weighted by Crippen LogP contribution is 2.38. The van der Waals surface area contributed by atoms with Crippen molar-refractivity contribution in [2.24, 2.45) is 0 Å². The second-order valence-corrected chi connectivity index (χ2v) is 4.05. The first-order chi connectivity index (χ1) is 8.97. The van der Waals surface area contributed by atoms with E-state index in [2.05, 4.69) is 0 Å². The number of methoxy groups -OCH3 is 2. The number of halogens is 1. The largest absolute Gasteiger partial charge is 0.493 e. The molecule has 5 nitrogen and oxygen atoms in total. The number of benzene rings is 1. The van der Waals surface area contributed by atoms with E-state index in [0.717, 1.165) is 0 Å². The first kappa shape index (κ1) is 15.3. The number of carbonyl (C=O) groups excluding carboxylic acids is 2. The summed E-state index contributed by atoms with van der Waals surface area (Å²) in [4.78, 5) is 23.7. The SMILES string of the molecule is CCOC(=O)C(=O)c1c(C)c(Cl)cc(OC)c1OC. The summed E-state index contributed by atoms with van der Waals surface area (Å²) in [6.07, 6.45) is 0. The maximum atomic E-state index is 12.1. The lowest BCUT2D eigenvalue weighted by Crippen LogP contribution is -2.19. The molecular weight excluding hydrogens is 272 g/mol. The third-order valence-electron chi connectivity index (χ3n) is 2.55. The zero-order chi connectivity index (χ0) is 14.6. The van der Waals surface area contributed by atoms with Crippen LogP contribution < -0.4 is 9.47 Å². The standard InChI is InChI=1S/C13H15ClO5/c1-5-19-13(16)11(15)10-7(2)8(14)6-9(17-3)12(10)18-4/h6H,5H2,1-4H3. The van der Waals surface area contributed by atoms with Gasteiger partial charge in [0.15, 0.2) is 11.5 Å². The molecule has 0 N–H and O–H groups in total. The molecule has 1 aromatic rings. The molecule has 0 radical (unpaired) electrons. The number of esters is 1. The van der Waals surface area contributed by atoms with Gasteiger partial charge in [0.05, 0.1) is 26.4 Å². The number of Topliss-reactive ketones (excluding diaryl/α,β-unsaturated/α-hetero) is 1. The van der Waals surface area contributed by atoms with Crippen LogP contribution in [-0.4, -0.2) is 32.6 Å². The zero-order valence-corrected chi connectivity index (χ0v) is 12.0. The van der Waals surface area contributed by atoms with Crippen molar-refractivity contribution in [2.45, 2.75) is 13.8 Å². The quantitative estimate of drug-likeness (QED) is 0.472. The lowest BCUT2D eigenvalue weighted by atomic mass is 10.0. The van der Waals surface area contributed by atoms with Gasteiger partial charge in [-0.1, -0.05) is 11.6 Å². The molecule has 0 bridgehead atoms. The summed E-state index contributed by atoms with van der Waals surface area (Å²) in [7, 11) is 2.80. The molecule has 0 fully saturated rings. The van der Waals surface area contributed by atoms with E-state index in [9.17, 15) is 9.59 Å². The van der Waals surface area contributed by atoms with Gasteiger partial charge < -0.3 is 14.2 Å². The van der Waals surface area contributed by atoms with Gasteiger partial charge in [-0.05, 0) is 19.4 Å². The van der Waals surface area contributed by atoms with Crippen molar-refractivity contribution >= 4 is 23.4 Å². The number of rotatable bonds is 5. The zero-order valence-electron chi connectivity index (χ0n) is 11.2. The van der Waals surface area contributed by atoms with Crippen LogP contribution in [0.1, 0.15) is 22.8 Å². The lowest BCUT2D eigenvalue weighted by Gasteiger charge is -2.15. The fourth-order valence-electron chi connectivity index (χ4n) is 1.63. The molecule has 1 rings (SSSR count). The maximum absolute atomic E-state index is 12.1.